The number of carbonyl (C=O) groups is 2. The highest BCUT2D eigenvalue weighted by Gasteiger charge is 2.45. The molecule has 0 bridgehead atoms. The average molecular weight is 304 g/mol. The second-order valence-corrected chi connectivity index (χ2v) is 6.09. The summed E-state index contributed by atoms with van der Waals surface area (Å²) in [7, 11) is 3.92. The Morgan fingerprint density at radius 1 is 1.18 bits per heavy atom. The largest absolute Gasteiger partial charge is 0.351 e. The van der Waals surface area contributed by atoms with Crippen molar-refractivity contribution >= 4 is 11.8 Å². The van der Waals surface area contributed by atoms with E-state index in [1.54, 1.807) is 12.1 Å². The molecule has 22 heavy (non-hydrogen) atoms. The number of rotatable bonds is 7. The van der Waals surface area contributed by atoms with Crippen molar-refractivity contribution in [3.8, 4) is 0 Å². The minimum atomic E-state index is -0.647. The first-order chi connectivity index (χ1) is 10.4. The first-order valence-corrected chi connectivity index (χ1v) is 7.50. The van der Waals surface area contributed by atoms with Crippen LogP contribution in [0.2, 0.25) is 0 Å². The third kappa shape index (κ3) is 4.54. The second-order valence-electron chi connectivity index (χ2n) is 6.09. The monoisotopic (exact) mass is 304 g/mol. The van der Waals surface area contributed by atoms with E-state index in [0.717, 1.165) is 24.9 Å². The Hall–Kier alpha value is -1.92. The molecule has 0 radical (unpaired) electrons. The van der Waals surface area contributed by atoms with Gasteiger partial charge in [-0.1, -0.05) is 12.1 Å². The molecule has 1 aliphatic carbocycles. The van der Waals surface area contributed by atoms with Crippen LogP contribution in [-0.4, -0.2) is 49.4 Å². The quantitative estimate of drug-likeness (QED) is 0.666. The predicted molar refractivity (Wildman–Crippen MR) is 85.3 cm³/mol. The zero-order valence-electron chi connectivity index (χ0n) is 13.2. The van der Waals surface area contributed by atoms with Crippen LogP contribution in [0.1, 0.15) is 28.8 Å². The third-order valence-corrected chi connectivity index (χ3v) is 3.75. The van der Waals surface area contributed by atoms with Crippen molar-refractivity contribution in [1.29, 1.82) is 0 Å². The van der Waals surface area contributed by atoms with Crippen LogP contribution in [0, 0.1) is 0 Å². The Kier molecular flexibility index (Phi) is 5.15. The van der Waals surface area contributed by atoms with Crippen LogP contribution in [0.15, 0.2) is 24.3 Å². The van der Waals surface area contributed by atoms with Crippen molar-refractivity contribution < 1.29 is 9.59 Å². The van der Waals surface area contributed by atoms with Gasteiger partial charge in [0.25, 0.3) is 5.91 Å². The van der Waals surface area contributed by atoms with Gasteiger partial charge in [0, 0.05) is 25.2 Å². The minimum Gasteiger partial charge on any atom is -0.351 e. The molecule has 2 amide bonds. The van der Waals surface area contributed by atoms with Gasteiger partial charge < -0.3 is 21.3 Å². The van der Waals surface area contributed by atoms with Crippen LogP contribution in [0.5, 0.6) is 0 Å². The lowest BCUT2D eigenvalue weighted by molar-refractivity contribution is -0.123. The van der Waals surface area contributed by atoms with Gasteiger partial charge in [0.2, 0.25) is 5.91 Å². The van der Waals surface area contributed by atoms with E-state index in [9.17, 15) is 9.59 Å². The standard InChI is InChI=1S/C16H24N4O2/c1-20(2)10-9-18-14(21)13-5-3-12(4-6-13)11-19-15(22)16(17)7-8-16/h3-6H,7-11,17H2,1-2H3,(H,18,21)(H,19,22). The van der Waals surface area contributed by atoms with Crippen molar-refractivity contribution in [3.05, 3.63) is 35.4 Å². The van der Waals surface area contributed by atoms with E-state index in [0.29, 0.717) is 18.7 Å². The molecule has 0 heterocycles. The first-order valence-electron chi connectivity index (χ1n) is 7.50. The lowest BCUT2D eigenvalue weighted by atomic mass is 10.1. The molecular weight excluding hydrogens is 280 g/mol. The number of amides is 2. The van der Waals surface area contributed by atoms with Crippen LogP contribution < -0.4 is 16.4 Å². The van der Waals surface area contributed by atoms with E-state index >= 15 is 0 Å². The molecule has 0 atom stereocenters. The first kappa shape index (κ1) is 16.5. The molecular formula is C16H24N4O2. The van der Waals surface area contributed by atoms with Crippen molar-refractivity contribution in [2.24, 2.45) is 5.73 Å². The van der Waals surface area contributed by atoms with E-state index in [-0.39, 0.29) is 11.8 Å². The number of hydrogen-bond acceptors (Lipinski definition) is 4. The highest BCUT2D eigenvalue weighted by molar-refractivity contribution is 5.94. The van der Waals surface area contributed by atoms with E-state index in [1.165, 1.54) is 0 Å². The van der Waals surface area contributed by atoms with Crippen molar-refractivity contribution in [2.75, 3.05) is 27.2 Å². The Morgan fingerprint density at radius 2 is 1.82 bits per heavy atom. The molecule has 0 saturated heterocycles. The number of likely N-dealkylation sites (N-methyl/N-ethyl adjacent to an activating group) is 1. The zero-order valence-corrected chi connectivity index (χ0v) is 13.2. The van der Waals surface area contributed by atoms with Crippen LogP contribution >= 0.6 is 0 Å². The Bertz CT molecular complexity index is 536. The van der Waals surface area contributed by atoms with Crippen LogP contribution in [-0.2, 0) is 11.3 Å². The zero-order chi connectivity index (χ0) is 16.2. The van der Waals surface area contributed by atoms with E-state index in [2.05, 4.69) is 10.6 Å². The lowest BCUT2D eigenvalue weighted by Crippen LogP contribution is -2.42. The van der Waals surface area contributed by atoms with E-state index < -0.39 is 5.54 Å². The summed E-state index contributed by atoms with van der Waals surface area (Å²) in [4.78, 5) is 25.7. The fraction of sp³-hybridized carbons (Fsp3) is 0.500. The van der Waals surface area contributed by atoms with Gasteiger partial charge in [-0.2, -0.15) is 0 Å². The van der Waals surface area contributed by atoms with Crippen LogP contribution in [0.3, 0.4) is 0 Å². The number of benzene rings is 1. The van der Waals surface area contributed by atoms with Gasteiger partial charge in [0.15, 0.2) is 0 Å². The molecule has 0 unspecified atom stereocenters. The fourth-order valence-electron chi connectivity index (χ4n) is 1.99. The molecule has 6 heteroatoms. The smallest absolute Gasteiger partial charge is 0.251 e. The predicted octanol–water partition coefficient (Wildman–Crippen LogP) is 0.0855. The van der Waals surface area contributed by atoms with Crippen LogP contribution in [0.25, 0.3) is 0 Å². The maximum atomic E-state index is 11.9. The highest BCUT2D eigenvalue weighted by Crippen LogP contribution is 2.32. The number of nitrogens with one attached hydrogen (secondary N) is 2. The van der Waals surface area contributed by atoms with Gasteiger partial charge in [-0.25, -0.2) is 0 Å². The molecule has 2 rings (SSSR count). The number of nitrogens with zero attached hydrogens (tertiary/aromatic N) is 1. The molecule has 6 nitrogen and oxygen atoms in total. The summed E-state index contributed by atoms with van der Waals surface area (Å²) in [5.74, 6) is -0.186. The Labute approximate surface area is 131 Å². The molecule has 0 aliphatic heterocycles. The summed E-state index contributed by atoms with van der Waals surface area (Å²) in [5, 5.41) is 5.69. The summed E-state index contributed by atoms with van der Waals surface area (Å²) < 4.78 is 0. The van der Waals surface area contributed by atoms with Gasteiger partial charge in [-0.3, -0.25) is 9.59 Å². The lowest BCUT2D eigenvalue weighted by Gasteiger charge is -2.11. The Morgan fingerprint density at radius 3 is 2.36 bits per heavy atom. The van der Waals surface area contributed by atoms with Gasteiger partial charge in [0.05, 0.1) is 5.54 Å². The fourth-order valence-corrected chi connectivity index (χ4v) is 1.99. The maximum absolute atomic E-state index is 11.9. The molecule has 4 N–H and O–H groups in total. The molecule has 1 aromatic carbocycles. The van der Waals surface area contributed by atoms with Crippen molar-refractivity contribution in [2.45, 2.75) is 24.9 Å². The molecule has 1 fully saturated rings. The molecule has 120 valence electrons. The molecule has 1 aromatic rings. The van der Waals surface area contributed by atoms with E-state index in [4.69, 9.17) is 5.73 Å². The summed E-state index contributed by atoms with van der Waals surface area (Å²) in [6.45, 7) is 1.85. The number of nitrogens with two attached hydrogens (primary N) is 1. The Balaban J connectivity index is 1.79. The summed E-state index contributed by atoms with van der Waals surface area (Å²) >= 11 is 0. The SMILES string of the molecule is CN(C)CCNC(=O)c1ccc(CNC(=O)C2(N)CC2)cc1. The molecule has 1 aliphatic rings. The van der Waals surface area contributed by atoms with Crippen molar-refractivity contribution in [3.63, 3.8) is 0 Å². The van der Waals surface area contributed by atoms with E-state index in [1.807, 2.05) is 31.1 Å². The van der Waals surface area contributed by atoms with Gasteiger partial charge in [-0.05, 0) is 44.6 Å². The third-order valence-electron chi connectivity index (χ3n) is 3.75. The summed E-state index contributed by atoms with van der Waals surface area (Å²) in [6.07, 6.45) is 1.51. The number of hydrogen-bond donors (Lipinski definition) is 3. The molecule has 0 spiro atoms. The maximum Gasteiger partial charge on any atom is 0.251 e. The van der Waals surface area contributed by atoms with Crippen molar-refractivity contribution in [1.82, 2.24) is 15.5 Å². The molecule has 0 aromatic heterocycles. The highest BCUT2D eigenvalue weighted by atomic mass is 16.2. The van der Waals surface area contributed by atoms with Gasteiger partial charge >= 0.3 is 0 Å². The normalized spacial score (nSPS) is 15.5. The van der Waals surface area contributed by atoms with Gasteiger partial charge in [-0.15, -0.1) is 0 Å². The number of carbonyl (C=O) groups excluding carboxylic acids is 2. The topological polar surface area (TPSA) is 87.5 Å². The van der Waals surface area contributed by atoms with Crippen LogP contribution in [0.4, 0.5) is 0 Å². The van der Waals surface area contributed by atoms with Gasteiger partial charge in [0.1, 0.15) is 0 Å². The minimum absolute atomic E-state index is 0.0867. The summed E-state index contributed by atoms with van der Waals surface area (Å²) in [5.41, 5.74) is 6.73. The molecule has 1 saturated carbocycles. The average Bonchev–Trinajstić information content (AvgIpc) is 3.24. The summed E-state index contributed by atoms with van der Waals surface area (Å²) in [6, 6.07) is 7.22. The second kappa shape index (κ2) is 6.89.